The summed E-state index contributed by atoms with van der Waals surface area (Å²) < 4.78 is 63.3. The van der Waals surface area contributed by atoms with Crippen molar-refractivity contribution in [3.05, 3.63) is 109 Å². The Labute approximate surface area is 303 Å². The molecule has 10 nitrogen and oxygen atoms in total. The molecule has 3 atom stereocenters. The van der Waals surface area contributed by atoms with Crippen LogP contribution >= 0.6 is 0 Å². The minimum absolute atomic E-state index is 0.00839. The number of imidazole rings is 1. The smallest absolute Gasteiger partial charge is 0.407 e. The number of likely N-dealkylation sites (tertiary alicyclic amines) is 1. The average Bonchev–Trinajstić information content (AvgIpc) is 3.85. The van der Waals surface area contributed by atoms with Crippen LogP contribution < -0.4 is 10.2 Å². The Bertz CT molecular complexity index is 2000. The number of methoxy groups -OCH3 is 1. The van der Waals surface area contributed by atoms with Gasteiger partial charge in [-0.05, 0) is 98.8 Å². The van der Waals surface area contributed by atoms with E-state index in [4.69, 9.17) is 4.74 Å². The van der Waals surface area contributed by atoms with Crippen LogP contribution in [-0.2, 0) is 20.1 Å². The van der Waals surface area contributed by atoms with Gasteiger partial charge in [0, 0.05) is 61.8 Å². The molecule has 2 aromatic carbocycles. The molecular formula is C39H44F2N6O4S. The largest absolute Gasteiger partial charge is 0.453 e. The zero-order valence-electron chi connectivity index (χ0n) is 29.2. The SMILES string of the molecule is C=Cc1nccc(S(=O)(=O)c2ccc(N3CC(CN4CCC(C(c5cccc(F)c5)([C@H]5CCC[C@@H]5NC(=O)OC)n5ccnc5)CC4)C3)cc2)c1F. The molecule has 52 heavy (non-hydrogen) atoms. The number of hydrogen-bond donors (Lipinski definition) is 1. The van der Waals surface area contributed by atoms with E-state index in [1.807, 2.05) is 18.6 Å². The number of alkyl carbamates (subject to hydrolysis) is 1. The number of nitrogens with one attached hydrogen (secondary N) is 1. The summed E-state index contributed by atoms with van der Waals surface area (Å²) >= 11 is 0. The molecule has 3 fully saturated rings. The first-order valence-corrected chi connectivity index (χ1v) is 19.3. The molecule has 7 rings (SSSR count). The fourth-order valence-electron chi connectivity index (χ4n) is 8.96. The number of nitrogens with zero attached hydrogens (tertiary/aromatic N) is 5. The average molecular weight is 731 g/mol. The molecule has 0 bridgehead atoms. The molecule has 274 valence electrons. The van der Waals surface area contributed by atoms with Crippen molar-refractivity contribution in [3.63, 3.8) is 0 Å². The lowest BCUT2D eigenvalue weighted by Gasteiger charge is -2.52. The van der Waals surface area contributed by atoms with Crippen LogP contribution in [0, 0.1) is 29.4 Å². The van der Waals surface area contributed by atoms with Gasteiger partial charge in [-0.15, -0.1) is 0 Å². The van der Waals surface area contributed by atoms with Gasteiger partial charge in [-0.2, -0.15) is 0 Å². The zero-order chi connectivity index (χ0) is 36.5. The number of rotatable bonds is 11. The van der Waals surface area contributed by atoms with Gasteiger partial charge in [0.1, 0.15) is 10.7 Å². The van der Waals surface area contributed by atoms with E-state index in [0.29, 0.717) is 5.92 Å². The molecule has 0 spiro atoms. The van der Waals surface area contributed by atoms with Crippen molar-refractivity contribution >= 4 is 27.7 Å². The molecule has 4 aromatic rings. The molecule has 2 saturated heterocycles. The van der Waals surface area contributed by atoms with Crippen molar-refractivity contribution in [2.24, 2.45) is 17.8 Å². The molecule has 2 aliphatic heterocycles. The number of carbonyl (C=O) groups excluding carboxylic acids is 1. The fourth-order valence-corrected chi connectivity index (χ4v) is 10.3. The van der Waals surface area contributed by atoms with E-state index >= 15 is 0 Å². The number of ether oxygens (including phenoxy) is 1. The van der Waals surface area contributed by atoms with Gasteiger partial charge >= 0.3 is 6.09 Å². The van der Waals surface area contributed by atoms with Crippen molar-refractivity contribution in [2.45, 2.75) is 53.5 Å². The second-order valence-electron chi connectivity index (χ2n) is 14.1. The first kappa shape index (κ1) is 35.8. The standard InChI is InChI=1S/C39H44F2N6O4S/c1-3-34-37(41)36(14-17-43-34)52(49,50)32-12-10-31(11-13-32)46-24-27(25-46)23-45-19-15-28(16-20-45)39(47-21-18-42-26-47,29-6-4-7-30(40)22-29)33-8-5-9-35(33)44-38(48)51-2/h3-4,6-7,10-14,17-18,21-22,26-28,33,35H,1,5,8-9,15-16,19-20,23-25H2,2H3,(H,44,48)/t33-,35-,39?/m0/s1. The molecule has 1 aliphatic carbocycles. The zero-order valence-corrected chi connectivity index (χ0v) is 30.0. The van der Waals surface area contributed by atoms with Crippen LogP contribution in [-0.4, -0.2) is 79.8 Å². The summed E-state index contributed by atoms with van der Waals surface area (Å²) in [5.74, 6) is -0.565. The Morgan fingerprint density at radius 3 is 2.50 bits per heavy atom. The molecule has 13 heteroatoms. The van der Waals surface area contributed by atoms with Crippen LogP contribution in [0.25, 0.3) is 6.08 Å². The van der Waals surface area contributed by atoms with E-state index in [2.05, 4.69) is 36.2 Å². The van der Waals surface area contributed by atoms with E-state index < -0.39 is 32.2 Å². The first-order valence-electron chi connectivity index (χ1n) is 17.8. The number of aromatic nitrogens is 3. The van der Waals surface area contributed by atoms with E-state index in [-0.39, 0.29) is 34.3 Å². The topological polar surface area (TPSA) is 110 Å². The van der Waals surface area contributed by atoms with Crippen LogP contribution in [0.5, 0.6) is 0 Å². The van der Waals surface area contributed by atoms with Crippen molar-refractivity contribution in [2.75, 3.05) is 44.7 Å². The quantitative estimate of drug-likeness (QED) is 0.196. The normalized spacial score (nSPS) is 21.3. The number of hydrogen-bond acceptors (Lipinski definition) is 8. The third-order valence-corrected chi connectivity index (χ3v) is 13.1. The lowest BCUT2D eigenvalue weighted by molar-refractivity contribution is 0.0469. The molecule has 2 aromatic heterocycles. The van der Waals surface area contributed by atoms with Crippen molar-refractivity contribution in [3.8, 4) is 0 Å². The second-order valence-corrected chi connectivity index (χ2v) is 16.1. The molecule has 4 heterocycles. The number of carbonyl (C=O) groups is 1. The van der Waals surface area contributed by atoms with Crippen molar-refractivity contribution in [1.82, 2.24) is 24.8 Å². The predicted molar refractivity (Wildman–Crippen MR) is 193 cm³/mol. The Morgan fingerprint density at radius 2 is 1.83 bits per heavy atom. The van der Waals surface area contributed by atoms with Gasteiger partial charge in [0.2, 0.25) is 9.84 Å². The Balaban J connectivity index is 1.03. The highest BCUT2D eigenvalue weighted by Crippen LogP contribution is 2.51. The van der Waals surface area contributed by atoms with Crippen LogP contribution in [0.4, 0.5) is 19.3 Å². The number of sulfone groups is 1. The van der Waals surface area contributed by atoms with Crippen LogP contribution in [0.2, 0.25) is 0 Å². The van der Waals surface area contributed by atoms with E-state index in [9.17, 15) is 22.0 Å². The van der Waals surface area contributed by atoms with Crippen LogP contribution in [0.3, 0.4) is 0 Å². The van der Waals surface area contributed by atoms with Crippen molar-refractivity contribution in [1.29, 1.82) is 0 Å². The molecule has 0 radical (unpaired) electrons. The van der Waals surface area contributed by atoms with Gasteiger partial charge in [-0.1, -0.05) is 25.1 Å². The van der Waals surface area contributed by atoms with E-state index in [1.54, 1.807) is 30.5 Å². The summed E-state index contributed by atoms with van der Waals surface area (Å²) in [7, 11) is -2.69. The lowest BCUT2D eigenvalue weighted by atomic mass is 9.64. The molecule has 1 amide bonds. The highest BCUT2D eigenvalue weighted by Gasteiger charge is 2.53. The molecule has 1 N–H and O–H groups in total. The Morgan fingerprint density at radius 1 is 1.06 bits per heavy atom. The summed E-state index contributed by atoms with van der Waals surface area (Å²) in [6.45, 7) is 7.92. The molecular weight excluding hydrogens is 687 g/mol. The van der Waals surface area contributed by atoms with Gasteiger partial charge in [0.25, 0.3) is 0 Å². The summed E-state index contributed by atoms with van der Waals surface area (Å²) in [5, 5.41) is 3.11. The van der Waals surface area contributed by atoms with Gasteiger partial charge in [-0.25, -0.2) is 27.0 Å². The summed E-state index contributed by atoms with van der Waals surface area (Å²) in [4.78, 5) is 25.1. The maximum atomic E-state index is 15.0. The number of amides is 1. The predicted octanol–water partition coefficient (Wildman–Crippen LogP) is 6.15. The van der Waals surface area contributed by atoms with E-state index in [0.717, 1.165) is 76.1 Å². The highest BCUT2D eigenvalue weighted by atomic mass is 32.2. The highest BCUT2D eigenvalue weighted by molar-refractivity contribution is 7.91. The van der Waals surface area contributed by atoms with Crippen LogP contribution in [0.15, 0.2) is 95.9 Å². The van der Waals surface area contributed by atoms with Gasteiger partial charge < -0.3 is 24.4 Å². The summed E-state index contributed by atoms with van der Waals surface area (Å²) in [6.07, 6.45) is 12.0. The number of anilines is 1. The minimum Gasteiger partial charge on any atom is -0.453 e. The van der Waals surface area contributed by atoms with Crippen molar-refractivity contribution < 1.29 is 26.7 Å². The summed E-state index contributed by atoms with van der Waals surface area (Å²) in [6, 6.07) is 14.6. The third-order valence-electron chi connectivity index (χ3n) is 11.3. The molecule has 3 aliphatic rings. The number of halogens is 2. The Hall–Kier alpha value is -4.62. The molecule has 1 unspecified atom stereocenters. The molecule has 1 saturated carbocycles. The van der Waals surface area contributed by atoms with Gasteiger partial charge in [0.15, 0.2) is 5.82 Å². The minimum atomic E-state index is -4.06. The van der Waals surface area contributed by atoms with Crippen LogP contribution in [0.1, 0.15) is 43.4 Å². The monoisotopic (exact) mass is 730 g/mol. The van der Waals surface area contributed by atoms with E-state index in [1.165, 1.54) is 43.6 Å². The van der Waals surface area contributed by atoms with Gasteiger partial charge in [-0.3, -0.25) is 4.98 Å². The van der Waals surface area contributed by atoms with Gasteiger partial charge in [0.05, 0.1) is 29.6 Å². The summed E-state index contributed by atoms with van der Waals surface area (Å²) in [5.41, 5.74) is 1.10. The Kier molecular flexibility index (Phi) is 10.2. The number of benzene rings is 2. The third kappa shape index (κ3) is 6.60. The second kappa shape index (κ2) is 14.8. The maximum Gasteiger partial charge on any atom is 0.407 e. The lowest BCUT2D eigenvalue weighted by Crippen LogP contribution is -2.57. The number of piperidine rings is 1. The fraction of sp³-hybridized carbons (Fsp3) is 0.410. The maximum absolute atomic E-state index is 15.0. The first-order chi connectivity index (χ1) is 25.1. The number of pyridine rings is 1.